The molecule has 2 amide bonds. The van der Waals surface area contributed by atoms with Crippen molar-refractivity contribution in [2.24, 2.45) is 0 Å². The van der Waals surface area contributed by atoms with E-state index in [4.69, 9.17) is 14.7 Å². The molecule has 4 rings (SSSR count). The van der Waals surface area contributed by atoms with Crippen molar-refractivity contribution < 1.29 is 14.3 Å². The zero-order chi connectivity index (χ0) is 22.8. The number of fused-ring (bicyclic) bond motifs is 1. The van der Waals surface area contributed by atoms with E-state index in [1.807, 2.05) is 48.9 Å². The number of aromatic nitrogens is 2. The van der Waals surface area contributed by atoms with Crippen LogP contribution in [0.3, 0.4) is 0 Å². The molecule has 8 nitrogen and oxygen atoms in total. The Morgan fingerprint density at radius 1 is 1.16 bits per heavy atom. The van der Waals surface area contributed by atoms with Crippen molar-refractivity contribution in [2.45, 2.75) is 46.1 Å². The number of nitrogens with one attached hydrogen (secondary N) is 1. The molecule has 2 aliphatic heterocycles. The quantitative estimate of drug-likeness (QED) is 0.773. The molecule has 0 unspecified atom stereocenters. The number of benzene rings is 1. The van der Waals surface area contributed by atoms with Gasteiger partial charge in [-0.3, -0.25) is 9.59 Å². The van der Waals surface area contributed by atoms with Gasteiger partial charge in [0.15, 0.2) is 6.61 Å². The topological polar surface area (TPSA) is 87.7 Å². The van der Waals surface area contributed by atoms with Gasteiger partial charge in [0.25, 0.3) is 5.91 Å². The van der Waals surface area contributed by atoms with E-state index in [9.17, 15) is 9.59 Å². The Morgan fingerprint density at radius 3 is 2.59 bits per heavy atom. The van der Waals surface area contributed by atoms with Gasteiger partial charge >= 0.3 is 0 Å². The Balaban J connectivity index is 1.44. The average molecular weight is 438 g/mol. The van der Waals surface area contributed by atoms with Crippen LogP contribution in [-0.2, 0) is 22.6 Å². The first-order valence-electron chi connectivity index (χ1n) is 11.2. The maximum atomic E-state index is 12.8. The van der Waals surface area contributed by atoms with E-state index >= 15 is 0 Å². The maximum absolute atomic E-state index is 12.8. The van der Waals surface area contributed by atoms with Crippen molar-refractivity contribution in [1.82, 2.24) is 19.8 Å². The highest BCUT2D eigenvalue weighted by atomic mass is 16.5. The summed E-state index contributed by atoms with van der Waals surface area (Å²) < 4.78 is 5.86. The Kier molecular flexibility index (Phi) is 6.30. The van der Waals surface area contributed by atoms with Gasteiger partial charge in [-0.1, -0.05) is 18.2 Å². The van der Waals surface area contributed by atoms with Gasteiger partial charge in [0.05, 0.1) is 12.2 Å². The molecule has 1 saturated heterocycles. The molecular formula is C24H31N5O3. The number of rotatable bonds is 5. The van der Waals surface area contributed by atoms with Crippen LogP contribution in [0.1, 0.15) is 47.5 Å². The number of likely N-dealkylation sites (tertiary alicyclic amines) is 1. The van der Waals surface area contributed by atoms with Crippen LogP contribution in [0.25, 0.3) is 0 Å². The highest BCUT2D eigenvalue weighted by Gasteiger charge is 2.32. The lowest BCUT2D eigenvalue weighted by Crippen LogP contribution is -2.36. The lowest BCUT2D eigenvalue weighted by molar-refractivity contribution is -0.132. The lowest BCUT2D eigenvalue weighted by Gasteiger charge is -2.29. The largest absolute Gasteiger partial charge is 0.483 e. The fraction of sp³-hybridized carbons (Fsp3) is 0.500. The van der Waals surface area contributed by atoms with E-state index in [1.165, 1.54) is 0 Å². The number of hydrogen-bond donors (Lipinski definition) is 1. The molecule has 8 heteroatoms. The van der Waals surface area contributed by atoms with Crippen molar-refractivity contribution in [3.05, 3.63) is 46.4 Å². The van der Waals surface area contributed by atoms with Gasteiger partial charge in [-0.05, 0) is 37.8 Å². The number of anilines is 1. The lowest BCUT2D eigenvalue weighted by atomic mass is 10.0. The van der Waals surface area contributed by atoms with Crippen molar-refractivity contribution in [1.29, 1.82) is 0 Å². The van der Waals surface area contributed by atoms with E-state index in [1.54, 1.807) is 6.92 Å². The summed E-state index contributed by atoms with van der Waals surface area (Å²) in [4.78, 5) is 37.9. The highest BCUT2D eigenvalue weighted by Crippen LogP contribution is 2.30. The monoisotopic (exact) mass is 437 g/mol. The van der Waals surface area contributed by atoms with Crippen LogP contribution in [0.4, 0.5) is 5.82 Å². The van der Waals surface area contributed by atoms with Crippen molar-refractivity contribution in [2.75, 3.05) is 38.6 Å². The summed E-state index contributed by atoms with van der Waals surface area (Å²) in [6.07, 6.45) is 1.56. The third-order valence-electron chi connectivity index (χ3n) is 6.42. The van der Waals surface area contributed by atoms with Gasteiger partial charge < -0.3 is 19.9 Å². The zero-order valence-corrected chi connectivity index (χ0v) is 19.3. The summed E-state index contributed by atoms with van der Waals surface area (Å²) >= 11 is 0. The van der Waals surface area contributed by atoms with E-state index < -0.39 is 0 Å². The first-order valence-corrected chi connectivity index (χ1v) is 11.2. The van der Waals surface area contributed by atoms with Crippen LogP contribution in [0.5, 0.6) is 5.75 Å². The van der Waals surface area contributed by atoms with Crippen molar-refractivity contribution in [3.63, 3.8) is 0 Å². The molecule has 0 aliphatic carbocycles. The Labute approximate surface area is 189 Å². The van der Waals surface area contributed by atoms with Crippen LogP contribution < -0.4 is 10.1 Å². The second kappa shape index (κ2) is 9.14. The van der Waals surface area contributed by atoms with Gasteiger partial charge in [0, 0.05) is 45.1 Å². The first-order chi connectivity index (χ1) is 15.4. The minimum absolute atomic E-state index is 0.0234. The van der Waals surface area contributed by atoms with Crippen molar-refractivity contribution >= 4 is 17.6 Å². The summed E-state index contributed by atoms with van der Waals surface area (Å²) in [7, 11) is 1.86. The number of para-hydroxylation sites is 1. The van der Waals surface area contributed by atoms with Gasteiger partial charge in [0.1, 0.15) is 17.4 Å². The van der Waals surface area contributed by atoms with E-state index in [-0.39, 0.29) is 24.3 Å². The molecule has 2 aromatic rings. The molecule has 1 fully saturated rings. The van der Waals surface area contributed by atoms with Gasteiger partial charge in [-0.2, -0.15) is 0 Å². The number of hydrogen-bond acceptors (Lipinski definition) is 6. The van der Waals surface area contributed by atoms with E-state index in [0.29, 0.717) is 26.2 Å². The second-order valence-corrected chi connectivity index (χ2v) is 8.63. The van der Waals surface area contributed by atoms with Crippen molar-refractivity contribution in [3.8, 4) is 5.75 Å². The third-order valence-corrected chi connectivity index (χ3v) is 6.42. The molecule has 32 heavy (non-hydrogen) atoms. The van der Waals surface area contributed by atoms with Crippen LogP contribution in [-0.4, -0.2) is 64.9 Å². The maximum Gasteiger partial charge on any atom is 0.260 e. The Morgan fingerprint density at radius 2 is 1.91 bits per heavy atom. The minimum atomic E-state index is -0.0234. The molecule has 1 aromatic carbocycles. The molecule has 2 aliphatic rings. The fourth-order valence-corrected chi connectivity index (χ4v) is 4.56. The Bertz CT molecular complexity index is 1020. The van der Waals surface area contributed by atoms with Gasteiger partial charge in [0.2, 0.25) is 5.91 Å². The number of amides is 2. The molecule has 0 saturated carbocycles. The predicted octanol–water partition coefficient (Wildman–Crippen LogP) is 2.43. The molecule has 0 bridgehead atoms. The van der Waals surface area contributed by atoms with Crippen LogP contribution in [0.2, 0.25) is 0 Å². The molecule has 1 atom stereocenters. The second-order valence-electron chi connectivity index (χ2n) is 8.63. The van der Waals surface area contributed by atoms with Crippen LogP contribution >= 0.6 is 0 Å². The number of ether oxygens (including phenoxy) is 1. The summed E-state index contributed by atoms with van der Waals surface area (Å²) in [6, 6.07) is 5.95. The number of aryl methyl sites for hydroxylation is 2. The normalized spacial score (nSPS) is 17.8. The minimum Gasteiger partial charge on any atom is -0.483 e. The van der Waals surface area contributed by atoms with E-state index in [0.717, 1.165) is 52.6 Å². The van der Waals surface area contributed by atoms with Crippen LogP contribution in [0.15, 0.2) is 18.2 Å². The fourth-order valence-electron chi connectivity index (χ4n) is 4.56. The van der Waals surface area contributed by atoms with E-state index in [2.05, 4.69) is 5.32 Å². The van der Waals surface area contributed by atoms with Gasteiger partial charge in [-0.15, -0.1) is 0 Å². The first kappa shape index (κ1) is 22.0. The summed E-state index contributed by atoms with van der Waals surface area (Å²) in [5, 5.41) is 3.19. The average Bonchev–Trinajstić information content (AvgIpc) is 3.28. The highest BCUT2D eigenvalue weighted by molar-refractivity contribution is 5.78. The molecule has 1 N–H and O–H groups in total. The molecule has 170 valence electrons. The smallest absolute Gasteiger partial charge is 0.260 e. The zero-order valence-electron chi connectivity index (χ0n) is 19.3. The Hall–Kier alpha value is -3.16. The van der Waals surface area contributed by atoms with Gasteiger partial charge in [-0.25, -0.2) is 9.97 Å². The SMILES string of the molecule is CNc1nc([C@@H]2CCN(C(=O)COc3c(C)cccc3C)C2)nc2c1CCN(C(C)=O)C2. The molecular weight excluding hydrogens is 406 g/mol. The number of nitrogens with zero attached hydrogens (tertiary/aromatic N) is 4. The number of carbonyl (C=O) groups is 2. The molecule has 1 aromatic heterocycles. The molecule has 3 heterocycles. The predicted molar refractivity (Wildman–Crippen MR) is 122 cm³/mol. The molecule has 0 spiro atoms. The third kappa shape index (κ3) is 4.40. The standard InChI is InChI=1S/C24H31N5O3/c1-15-6-5-7-16(2)22(15)32-14-21(31)29-10-8-18(12-29)23-26-20-13-28(17(3)30)11-9-19(20)24(25-4)27-23/h5-7,18H,8-14H2,1-4H3,(H,25,26,27)/t18-/m1/s1. The molecule has 0 radical (unpaired) electrons. The van der Waals surface area contributed by atoms with Crippen LogP contribution in [0, 0.1) is 13.8 Å². The number of carbonyl (C=O) groups excluding carboxylic acids is 2. The summed E-state index contributed by atoms with van der Waals surface area (Å²) in [5.74, 6) is 2.46. The summed E-state index contributed by atoms with van der Waals surface area (Å²) in [6.45, 7) is 8.02. The summed E-state index contributed by atoms with van der Waals surface area (Å²) in [5.41, 5.74) is 4.04.